The van der Waals surface area contributed by atoms with Crippen molar-refractivity contribution in [3.05, 3.63) is 46.4 Å². The number of hydrogen-bond acceptors (Lipinski definition) is 3. The van der Waals surface area contributed by atoms with Crippen LogP contribution in [0.2, 0.25) is 0 Å². The maximum absolute atomic E-state index is 14.3. The number of benzene rings is 1. The largest absolute Gasteiger partial charge is 0.380 e. The van der Waals surface area contributed by atoms with Gasteiger partial charge in [0.05, 0.1) is 22.9 Å². The first kappa shape index (κ1) is 15.1. The Labute approximate surface area is 140 Å². The second-order valence-electron chi connectivity index (χ2n) is 6.55. The van der Waals surface area contributed by atoms with Crippen LogP contribution in [0.5, 0.6) is 0 Å². The van der Waals surface area contributed by atoms with Crippen LogP contribution >= 0.6 is 0 Å². The molecule has 0 unspecified atom stereocenters. The Hall–Kier alpha value is -2.43. The summed E-state index contributed by atoms with van der Waals surface area (Å²) in [5.74, 6) is -0.186. The number of pyridine rings is 1. The van der Waals surface area contributed by atoms with Crippen LogP contribution < -0.4 is 10.6 Å². The minimum atomic E-state index is -0.219. The van der Waals surface area contributed by atoms with E-state index in [0.717, 1.165) is 46.3 Å². The molecular weight excluding hydrogens is 305 g/mol. The van der Waals surface area contributed by atoms with Crippen molar-refractivity contribution in [3.8, 4) is 0 Å². The summed E-state index contributed by atoms with van der Waals surface area (Å²) >= 11 is 0. The lowest BCUT2D eigenvalue weighted by Crippen LogP contribution is -2.31. The highest BCUT2D eigenvalue weighted by Gasteiger charge is 2.32. The molecule has 1 amide bonds. The first-order chi connectivity index (χ1) is 11.5. The molecule has 2 aromatic rings. The van der Waals surface area contributed by atoms with E-state index >= 15 is 0 Å². The SMILES string of the molecule is C=C1NCc2c1nc1cc(F)c(C)c3c1c2[C@@H](NC(=O)CC)CC3. The van der Waals surface area contributed by atoms with Crippen molar-refractivity contribution in [2.45, 2.75) is 45.7 Å². The van der Waals surface area contributed by atoms with Gasteiger partial charge in [-0.1, -0.05) is 13.5 Å². The molecule has 1 aliphatic carbocycles. The van der Waals surface area contributed by atoms with Crippen LogP contribution in [0, 0.1) is 12.7 Å². The molecule has 1 aromatic carbocycles. The summed E-state index contributed by atoms with van der Waals surface area (Å²) in [4.78, 5) is 16.6. The van der Waals surface area contributed by atoms with Gasteiger partial charge in [-0.05, 0) is 36.5 Å². The molecule has 2 heterocycles. The Bertz CT molecular complexity index is 904. The molecule has 1 atom stereocenters. The summed E-state index contributed by atoms with van der Waals surface area (Å²) < 4.78 is 14.3. The third kappa shape index (κ3) is 2.04. The number of aromatic nitrogens is 1. The molecule has 24 heavy (non-hydrogen) atoms. The summed E-state index contributed by atoms with van der Waals surface area (Å²) in [6.07, 6.45) is 1.98. The van der Waals surface area contributed by atoms with Crippen molar-refractivity contribution in [1.29, 1.82) is 0 Å². The summed E-state index contributed by atoms with van der Waals surface area (Å²) in [7, 11) is 0. The number of halogens is 1. The van der Waals surface area contributed by atoms with Gasteiger partial charge < -0.3 is 10.6 Å². The van der Waals surface area contributed by atoms with Crippen molar-refractivity contribution in [3.63, 3.8) is 0 Å². The second kappa shape index (κ2) is 5.30. The number of hydrogen-bond donors (Lipinski definition) is 2. The van der Waals surface area contributed by atoms with E-state index in [1.807, 2.05) is 13.8 Å². The van der Waals surface area contributed by atoms with Gasteiger partial charge in [0, 0.05) is 30.0 Å². The fraction of sp³-hybridized carbons (Fsp3) is 0.368. The molecule has 0 radical (unpaired) electrons. The number of rotatable bonds is 2. The average molecular weight is 325 g/mol. The molecular formula is C19H20FN3O. The number of carbonyl (C=O) groups is 1. The van der Waals surface area contributed by atoms with E-state index in [-0.39, 0.29) is 17.8 Å². The fourth-order valence-corrected chi connectivity index (χ4v) is 3.92. The van der Waals surface area contributed by atoms with Crippen molar-refractivity contribution in [1.82, 2.24) is 15.6 Å². The van der Waals surface area contributed by atoms with Gasteiger partial charge in [-0.15, -0.1) is 0 Å². The van der Waals surface area contributed by atoms with Crippen molar-refractivity contribution in [2.24, 2.45) is 0 Å². The van der Waals surface area contributed by atoms with E-state index < -0.39 is 0 Å². The lowest BCUT2D eigenvalue weighted by atomic mass is 9.82. The highest BCUT2D eigenvalue weighted by molar-refractivity contribution is 5.92. The number of nitrogens with one attached hydrogen (secondary N) is 2. The van der Waals surface area contributed by atoms with Crippen LogP contribution in [0.15, 0.2) is 12.6 Å². The molecule has 4 rings (SSSR count). The average Bonchev–Trinajstić information content (AvgIpc) is 2.94. The lowest BCUT2D eigenvalue weighted by molar-refractivity contribution is -0.121. The highest BCUT2D eigenvalue weighted by Crippen LogP contribution is 2.42. The van der Waals surface area contributed by atoms with Crippen LogP contribution in [0.4, 0.5) is 4.39 Å². The van der Waals surface area contributed by atoms with Gasteiger partial charge in [0.15, 0.2) is 0 Å². The minimum absolute atomic E-state index is 0.0331. The van der Waals surface area contributed by atoms with Gasteiger partial charge in [0.2, 0.25) is 5.91 Å². The summed E-state index contributed by atoms with van der Waals surface area (Å²) in [5, 5.41) is 7.37. The van der Waals surface area contributed by atoms with E-state index in [2.05, 4.69) is 22.2 Å². The zero-order valence-electron chi connectivity index (χ0n) is 13.9. The van der Waals surface area contributed by atoms with Gasteiger partial charge in [-0.2, -0.15) is 0 Å². The number of nitrogens with zero attached hydrogens (tertiary/aromatic N) is 1. The standard InChI is InChI=1S/C19H20FN3O/c1-4-16(24)22-14-6-5-11-9(2)13(20)7-15-17(11)18(14)12-8-21-10(3)19(12)23-15/h7,14,21H,3-6,8H2,1-2H3,(H,22,24)/t14-/m0/s1. The van der Waals surface area contributed by atoms with Gasteiger partial charge >= 0.3 is 0 Å². The Morgan fingerprint density at radius 2 is 2.29 bits per heavy atom. The molecule has 2 aliphatic rings. The molecule has 0 fully saturated rings. The van der Waals surface area contributed by atoms with E-state index in [1.54, 1.807) is 0 Å². The maximum atomic E-state index is 14.3. The molecule has 4 nitrogen and oxygen atoms in total. The smallest absolute Gasteiger partial charge is 0.220 e. The number of fused-ring (bicyclic) bond motifs is 2. The Kier molecular flexibility index (Phi) is 3.34. The van der Waals surface area contributed by atoms with E-state index in [1.165, 1.54) is 6.07 Å². The normalized spacial score (nSPS) is 18.5. The third-order valence-corrected chi connectivity index (χ3v) is 5.20. The molecule has 0 saturated carbocycles. The Morgan fingerprint density at radius 3 is 3.04 bits per heavy atom. The Morgan fingerprint density at radius 1 is 1.50 bits per heavy atom. The predicted octanol–water partition coefficient (Wildman–Crippen LogP) is 3.27. The van der Waals surface area contributed by atoms with Crippen LogP contribution in [0.1, 0.15) is 53.8 Å². The monoisotopic (exact) mass is 325 g/mol. The molecule has 1 aliphatic heterocycles. The molecule has 124 valence electrons. The maximum Gasteiger partial charge on any atom is 0.220 e. The predicted molar refractivity (Wildman–Crippen MR) is 91.8 cm³/mol. The van der Waals surface area contributed by atoms with Gasteiger partial charge in [-0.3, -0.25) is 4.79 Å². The first-order valence-electron chi connectivity index (χ1n) is 8.38. The van der Waals surface area contributed by atoms with Gasteiger partial charge in [-0.25, -0.2) is 9.37 Å². The van der Waals surface area contributed by atoms with E-state index in [4.69, 9.17) is 0 Å². The molecule has 5 heteroatoms. The zero-order valence-corrected chi connectivity index (χ0v) is 13.9. The molecule has 1 aromatic heterocycles. The molecule has 0 saturated heterocycles. The molecule has 0 bridgehead atoms. The first-order valence-corrected chi connectivity index (χ1v) is 8.38. The number of aryl methyl sites for hydroxylation is 1. The second-order valence-corrected chi connectivity index (χ2v) is 6.55. The highest BCUT2D eigenvalue weighted by atomic mass is 19.1. The fourth-order valence-electron chi connectivity index (χ4n) is 3.92. The van der Waals surface area contributed by atoms with Crippen LogP contribution in [-0.4, -0.2) is 10.9 Å². The molecule has 2 N–H and O–H groups in total. The Balaban J connectivity index is 2.04. The summed E-state index contributed by atoms with van der Waals surface area (Å²) in [6.45, 7) is 8.33. The van der Waals surface area contributed by atoms with Gasteiger partial charge in [0.25, 0.3) is 0 Å². The van der Waals surface area contributed by atoms with Crippen LogP contribution in [-0.2, 0) is 17.8 Å². The van der Waals surface area contributed by atoms with E-state index in [9.17, 15) is 9.18 Å². The number of amides is 1. The van der Waals surface area contributed by atoms with Crippen molar-refractivity contribution >= 4 is 22.5 Å². The zero-order chi connectivity index (χ0) is 17.0. The summed E-state index contributed by atoms with van der Waals surface area (Å²) in [5.41, 5.74) is 6.10. The molecule has 0 spiro atoms. The van der Waals surface area contributed by atoms with Crippen molar-refractivity contribution in [2.75, 3.05) is 0 Å². The van der Waals surface area contributed by atoms with Gasteiger partial charge in [0.1, 0.15) is 5.82 Å². The minimum Gasteiger partial charge on any atom is -0.380 e. The topological polar surface area (TPSA) is 54.0 Å². The van der Waals surface area contributed by atoms with E-state index in [0.29, 0.717) is 24.0 Å². The lowest BCUT2D eigenvalue weighted by Gasteiger charge is -2.29. The third-order valence-electron chi connectivity index (χ3n) is 5.20. The quantitative estimate of drug-likeness (QED) is 0.891. The number of carbonyl (C=O) groups excluding carboxylic acids is 1. The van der Waals surface area contributed by atoms with Crippen LogP contribution in [0.25, 0.3) is 16.6 Å². The summed E-state index contributed by atoms with van der Waals surface area (Å²) in [6, 6.07) is 1.45. The van der Waals surface area contributed by atoms with Crippen LogP contribution in [0.3, 0.4) is 0 Å². The van der Waals surface area contributed by atoms with Crippen molar-refractivity contribution < 1.29 is 9.18 Å².